The second kappa shape index (κ2) is 4.76. The minimum atomic E-state index is -1.39. The van der Waals surface area contributed by atoms with E-state index in [2.05, 4.69) is 21.0 Å². The highest BCUT2D eigenvalue weighted by Crippen LogP contribution is 2.22. The summed E-state index contributed by atoms with van der Waals surface area (Å²) < 4.78 is 2.38. The molecule has 1 heterocycles. The third-order valence-corrected chi connectivity index (χ3v) is 3.09. The van der Waals surface area contributed by atoms with E-state index in [0.29, 0.717) is 5.69 Å². The molecule has 0 radical (unpaired) electrons. The molecule has 1 unspecified atom stereocenters. The quantitative estimate of drug-likeness (QED) is 0.850. The van der Waals surface area contributed by atoms with Crippen LogP contribution in [0.15, 0.2) is 4.47 Å². The summed E-state index contributed by atoms with van der Waals surface area (Å²) in [5, 5.41) is 22.1. The smallest absolute Gasteiger partial charge is 0.332 e. The van der Waals surface area contributed by atoms with Gasteiger partial charge in [0.05, 0.1) is 15.9 Å². The molecule has 0 saturated heterocycles. The van der Waals surface area contributed by atoms with Crippen LogP contribution in [0.25, 0.3) is 0 Å². The van der Waals surface area contributed by atoms with Gasteiger partial charge in [0.1, 0.15) is 0 Å². The maximum absolute atomic E-state index is 10.5. The van der Waals surface area contributed by atoms with E-state index in [1.165, 1.54) is 0 Å². The van der Waals surface area contributed by atoms with Gasteiger partial charge in [-0.1, -0.05) is 6.92 Å². The van der Waals surface area contributed by atoms with Crippen molar-refractivity contribution in [1.29, 1.82) is 0 Å². The van der Waals surface area contributed by atoms with Crippen LogP contribution in [0, 0.1) is 0 Å². The van der Waals surface area contributed by atoms with E-state index in [0.717, 1.165) is 16.6 Å². The number of carboxylic acid groups (broad SMARTS) is 1. The lowest BCUT2D eigenvalue weighted by atomic mass is 10.2. The first-order valence-corrected chi connectivity index (χ1v) is 5.37. The molecule has 0 amide bonds. The van der Waals surface area contributed by atoms with Crippen LogP contribution in [-0.2, 0) is 24.7 Å². The van der Waals surface area contributed by atoms with E-state index in [1.807, 2.05) is 6.92 Å². The lowest BCUT2D eigenvalue weighted by Gasteiger charge is -2.06. The molecule has 0 spiro atoms. The zero-order chi connectivity index (χ0) is 11.6. The summed E-state index contributed by atoms with van der Waals surface area (Å²) >= 11 is 3.35. The van der Waals surface area contributed by atoms with Gasteiger partial charge in [-0.25, -0.2) is 4.79 Å². The van der Waals surface area contributed by atoms with Crippen molar-refractivity contribution < 1.29 is 15.0 Å². The van der Waals surface area contributed by atoms with E-state index < -0.39 is 12.1 Å². The molecule has 0 aliphatic rings. The van der Waals surface area contributed by atoms with Gasteiger partial charge in [-0.2, -0.15) is 5.10 Å². The second-order valence-electron chi connectivity index (χ2n) is 3.24. The molecule has 15 heavy (non-hydrogen) atoms. The maximum atomic E-state index is 10.5. The third-order valence-electron chi connectivity index (χ3n) is 2.17. The van der Waals surface area contributed by atoms with E-state index in [-0.39, 0.29) is 6.42 Å². The predicted molar refractivity (Wildman–Crippen MR) is 57.6 cm³/mol. The molecule has 0 aliphatic carbocycles. The average molecular weight is 277 g/mol. The zero-order valence-electron chi connectivity index (χ0n) is 8.57. The lowest BCUT2D eigenvalue weighted by Crippen LogP contribution is -2.23. The van der Waals surface area contributed by atoms with E-state index >= 15 is 0 Å². The number of nitrogens with zero attached hydrogens (tertiary/aromatic N) is 2. The first-order valence-electron chi connectivity index (χ1n) is 4.58. The van der Waals surface area contributed by atoms with Crippen molar-refractivity contribution in [3.05, 3.63) is 15.9 Å². The van der Waals surface area contributed by atoms with E-state index in [1.54, 1.807) is 11.7 Å². The van der Waals surface area contributed by atoms with Gasteiger partial charge in [0, 0.05) is 13.5 Å². The Hall–Kier alpha value is -0.880. The largest absolute Gasteiger partial charge is 0.479 e. The number of rotatable bonds is 4. The molecule has 0 aromatic carbocycles. The Bertz CT molecular complexity index is 376. The third kappa shape index (κ3) is 2.57. The minimum absolute atomic E-state index is 0.0550. The molecule has 1 aromatic rings. The summed E-state index contributed by atoms with van der Waals surface area (Å²) in [7, 11) is 1.73. The Morgan fingerprint density at radius 3 is 2.67 bits per heavy atom. The van der Waals surface area contributed by atoms with Crippen LogP contribution in [-0.4, -0.2) is 32.1 Å². The SMILES string of the molecule is CCc1nn(C)c(CC(O)C(=O)O)c1Br. The number of aliphatic hydroxyl groups excluding tert-OH is 1. The van der Waals surface area contributed by atoms with Gasteiger partial charge in [-0.15, -0.1) is 0 Å². The van der Waals surface area contributed by atoms with Crippen LogP contribution >= 0.6 is 15.9 Å². The van der Waals surface area contributed by atoms with Gasteiger partial charge in [-0.05, 0) is 22.4 Å². The molecule has 1 atom stereocenters. The van der Waals surface area contributed by atoms with Crippen LogP contribution in [0.3, 0.4) is 0 Å². The number of aliphatic hydroxyl groups is 1. The summed E-state index contributed by atoms with van der Waals surface area (Å²) in [4.78, 5) is 10.5. The standard InChI is InChI=1S/C9H13BrN2O3/c1-3-5-8(10)6(12(2)11-5)4-7(13)9(14)15/h7,13H,3-4H2,1-2H3,(H,14,15). The van der Waals surface area contributed by atoms with Crippen LogP contribution in [0.1, 0.15) is 18.3 Å². The van der Waals surface area contributed by atoms with Crippen molar-refractivity contribution in [2.24, 2.45) is 7.05 Å². The Kier molecular flexibility index (Phi) is 3.87. The molecule has 6 heteroatoms. The first-order chi connectivity index (χ1) is 6.97. The minimum Gasteiger partial charge on any atom is -0.479 e. The maximum Gasteiger partial charge on any atom is 0.332 e. The van der Waals surface area contributed by atoms with Crippen LogP contribution < -0.4 is 0 Å². The van der Waals surface area contributed by atoms with Crippen LogP contribution in [0.2, 0.25) is 0 Å². The second-order valence-corrected chi connectivity index (χ2v) is 4.04. The highest BCUT2D eigenvalue weighted by atomic mass is 79.9. The highest BCUT2D eigenvalue weighted by molar-refractivity contribution is 9.10. The fourth-order valence-electron chi connectivity index (χ4n) is 1.31. The zero-order valence-corrected chi connectivity index (χ0v) is 10.2. The van der Waals surface area contributed by atoms with Crippen LogP contribution in [0.5, 0.6) is 0 Å². The van der Waals surface area contributed by atoms with Gasteiger partial charge >= 0.3 is 5.97 Å². The summed E-state index contributed by atoms with van der Waals surface area (Å²) in [5.41, 5.74) is 1.56. The summed E-state index contributed by atoms with van der Waals surface area (Å²) in [6.07, 6.45) is -0.571. The molecule has 0 fully saturated rings. The monoisotopic (exact) mass is 276 g/mol. The Morgan fingerprint density at radius 2 is 2.27 bits per heavy atom. The number of carboxylic acids is 1. The van der Waals surface area contributed by atoms with Gasteiger partial charge in [-0.3, -0.25) is 4.68 Å². The van der Waals surface area contributed by atoms with E-state index in [9.17, 15) is 9.90 Å². The average Bonchev–Trinajstić information content (AvgIpc) is 2.44. The Morgan fingerprint density at radius 1 is 1.67 bits per heavy atom. The molecular formula is C9H13BrN2O3. The fraction of sp³-hybridized carbons (Fsp3) is 0.556. The van der Waals surface area contributed by atoms with Crippen molar-refractivity contribution in [3.63, 3.8) is 0 Å². The normalized spacial score (nSPS) is 12.8. The Labute approximate surface area is 95.8 Å². The summed E-state index contributed by atoms with van der Waals surface area (Å²) in [6.45, 7) is 1.96. The van der Waals surface area contributed by atoms with Crippen molar-refractivity contribution in [3.8, 4) is 0 Å². The molecule has 0 aliphatic heterocycles. The van der Waals surface area contributed by atoms with Crippen molar-refractivity contribution in [1.82, 2.24) is 9.78 Å². The molecule has 0 bridgehead atoms. The van der Waals surface area contributed by atoms with Gasteiger partial charge in [0.25, 0.3) is 0 Å². The number of hydrogen-bond donors (Lipinski definition) is 2. The summed E-state index contributed by atoms with van der Waals surface area (Å²) in [6, 6.07) is 0. The molecule has 0 saturated carbocycles. The van der Waals surface area contributed by atoms with Crippen molar-refractivity contribution in [2.75, 3.05) is 0 Å². The van der Waals surface area contributed by atoms with Crippen LogP contribution in [0.4, 0.5) is 0 Å². The topological polar surface area (TPSA) is 75.3 Å². The number of aryl methyl sites for hydroxylation is 2. The van der Waals surface area contributed by atoms with Gasteiger partial charge < -0.3 is 10.2 Å². The molecule has 2 N–H and O–H groups in total. The molecule has 5 nitrogen and oxygen atoms in total. The fourth-order valence-corrected chi connectivity index (χ4v) is 2.09. The van der Waals surface area contributed by atoms with E-state index in [4.69, 9.17) is 5.11 Å². The lowest BCUT2D eigenvalue weighted by molar-refractivity contribution is -0.146. The van der Waals surface area contributed by atoms with Gasteiger partial charge in [0.2, 0.25) is 0 Å². The van der Waals surface area contributed by atoms with Crippen molar-refractivity contribution >= 4 is 21.9 Å². The first kappa shape index (κ1) is 12.2. The number of aromatic nitrogens is 2. The number of carbonyl (C=O) groups is 1. The number of hydrogen-bond acceptors (Lipinski definition) is 3. The molecular weight excluding hydrogens is 264 g/mol. The Balaban J connectivity index is 2.94. The highest BCUT2D eigenvalue weighted by Gasteiger charge is 2.20. The number of aliphatic carboxylic acids is 1. The summed E-state index contributed by atoms with van der Waals surface area (Å²) in [5.74, 6) is -1.22. The molecule has 1 aromatic heterocycles. The molecule has 84 valence electrons. The predicted octanol–water partition coefficient (Wildman–Crippen LogP) is 0.733. The number of halogens is 1. The molecule has 1 rings (SSSR count). The van der Waals surface area contributed by atoms with Gasteiger partial charge in [0.15, 0.2) is 6.10 Å². The van der Waals surface area contributed by atoms with Crippen molar-refractivity contribution in [2.45, 2.75) is 25.9 Å².